The summed E-state index contributed by atoms with van der Waals surface area (Å²) in [5.41, 5.74) is 12.8. The van der Waals surface area contributed by atoms with Gasteiger partial charge >= 0.3 is 0 Å². The summed E-state index contributed by atoms with van der Waals surface area (Å²) in [7, 11) is 3.50. The molecule has 0 aliphatic heterocycles. The van der Waals surface area contributed by atoms with Crippen molar-refractivity contribution < 1.29 is 14.3 Å². The highest BCUT2D eigenvalue weighted by Crippen LogP contribution is 2.55. The lowest BCUT2D eigenvalue weighted by Crippen LogP contribution is -2.27. The Hall–Kier alpha value is -3.17. The molecule has 8 nitrogen and oxygen atoms in total. The van der Waals surface area contributed by atoms with Crippen LogP contribution in [0.15, 0.2) is 47.7 Å². The van der Waals surface area contributed by atoms with Crippen molar-refractivity contribution in [3.8, 4) is 0 Å². The van der Waals surface area contributed by atoms with Crippen LogP contribution in [0.1, 0.15) is 47.7 Å². The Morgan fingerprint density at radius 2 is 2.06 bits per heavy atom. The van der Waals surface area contributed by atoms with Gasteiger partial charge in [-0.1, -0.05) is 18.2 Å². The fourth-order valence-corrected chi connectivity index (χ4v) is 5.25. The minimum absolute atomic E-state index is 0.145. The van der Waals surface area contributed by atoms with Gasteiger partial charge in [0.05, 0.1) is 22.0 Å². The summed E-state index contributed by atoms with van der Waals surface area (Å²) in [5, 5.41) is 18.3. The van der Waals surface area contributed by atoms with Crippen LogP contribution in [0.4, 0.5) is 15.9 Å². The molecule has 0 bridgehead atoms. The first-order chi connectivity index (χ1) is 16.6. The molecular formula is C25H32ClFN6O2. The molecule has 6 N–H and O–H groups in total. The van der Waals surface area contributed by atoms with Crippen molar-refractivity contribution >= 4 is 35.6 Å². The van der Waals surface area contributed by atoms with E-state index in [9.17, 15) is 14.3 Å². The number of nitrogens with zero attached hydrogens (tertiary/aromatic N) is 3. The number of hydrogen-bond donors (Lipinski definition) is 4. The number of aliphatic imine (C=N–C) groups is 1. The van der Waals surface area contributed by atoms with Crippen LogP contribution < -0.4 is 16.8 Å². The number of rotatable bonds is 6. The summed E-state index contributed by atoms with van der Waals surface area (Å²) in [6, 6.07) is 4.49. The molecule has 2 unspecified atom stereocenters. The highest BCUT2D eigenvalue weighted by atomic mass is 35.5. The second-order valence-corrected chi connectivity index (χ2v) is 9.45. The normalized spacial score (nSPS) is 25.5. The van der Waals surface area contributed by atoms with Gasteiger partial charge in [0.2, 0.25) is 0 Å². The SMILES string of the molecule is C=C(N=C/C=C\N)C1(O)CC2CC(c3nn(C)c(N)c3C=O)CC2C1.CNc1ccc(F)c(Cl)c1. The van der Waals surface area contributed by atoms with E-state index >= 15 is 0 Å². The molecule has 1 heterocycles. The predicted octanol–water partition coefficient (Wildman–Crippen LogP) is 4.03. The molecule has 1 aromatic carbocycles. The van der Waals surface area contributed by atoms with Crippen LogP contribution in [0, 0.1) is 17.7 Å². The van der Waals surface area contributed by atoms with Gasteiger partial charge in [-0.15, -0.1) is 0 Å². The maximum absolute atomic E-state index is 12.5. The zero-order valence-electron chi connectivity index (χ0n) is 19.9. The van der Waals surface area contributed by atoms with E-state index in [0.717, 1.165) is 30.5 Å². The highest BCUT2D eigenvalue weighted by Gasteiger charge is 2.51. The van der Waals surface area contributed by atoms with Crippen LogP contribution in [0.5, 0.6) is 0 Å². The van der Waals surface area contributed by atoms with E-state index in [-0.39, 0.29) is 16.8 Å². The molecule has 10 heteroatoms. The van der Waals surface area contributed by atoms with Crippen molar-refractivity contribution in [2.45, 2.75) is 37.2 Å². The number of carbonyl (C=O) groups excluding carboxylic acids is 1. The van der Waals surface area contributed by atoms with Crippen LogP contribution >= 0.6 is 11.6 Å². The fourth-order valence-electron chi connectivity index (χ4n) is 5.07. The van der Waals surface area contributed by atoms with Gasteiger partial charge in [-0.2, -0.15) is 5.10 Å². The number of aliphatic hydroxyl groups is 1. The van der Waals surface area contributed by atoms with E-state index < -0.39 is 5.60 Å². The number of aryl methyl sites for hydroxylation is 1. The molecule has 1 aromatic heterocycles. The van der Waals surface area contributed by atoms with Crippen molar-refractivity contribution in [1.29, 1.82) is 0 Å². The molecule has 2 aliphatic rings. The van der Waals surface area contributed by atoms with Gasteiger partial charge < -0.3 is 21.9 Å². The average molecular weight is 503 g/mol. The summed E-state index contributed by atoms with van der Waals surface area (Å²) in [5.74, 6) is 0.972. The number of aldehydes is 1. The number of nitrogens with one attached hydrogen (secondary N) is 1. The molecule has 2 aromatic rings. The average Bonchev–Trinajstić information content (AvgIpc) is 3.45. The number of fused-ring (bicyclic) bond motifs is 1. The van der Waals surface area contributed by atoms with Gasteiger partial charge in [0.1, 0.15) is 17.2 Å². The number of nitrogens with two attached hydrogens (primary N) is 2. The molecule has 2 fully saturated rings. The van der Waals surface area contributed by atoms with E-state index in [1.54, 1.807) is 37.1 Å². The molecule has 188 valence electrons. The smallest absolute Gasteiger partial charge is 0.155 e. The summed E-state index contributed by atoms with van der Waals surface area (Å²) >= 11 is 5.48. The fraction of sp³-hybridized carbons (Fsp3) is 0.400. The molecule has 0 radical (unpaired) electrons. The first-order valence-corrected chi connectivity index (χ1v) is 11.7. The molecule has 2 saturated carbocycles. The van der Waals surface area contributed by atoms with E-state index in [1.807, 2.05) is 0 Å². The number of carbonyl (C=O) groups is 1. The van der Waals surface area contributed by atoms with E-state index in [1.165, 1.54) is 18.3 Å². The zero-order valence-corrected chi connectivity index (χ0v) is 20.7. The number of benzene rings is 1. The molecule has 35 heavy (non-hydrogen) atoms. The minimum Gasteiger partial charge on any atom is -0.405 e. The van der Waals surface area contributed by atoms with E-state index in [2.05, 4.69) is 22.0 Å². The Kier molecular flexibility index (Phi) is 8.34. The quantitative estimate of drug-likeness (QED) is 0.348. The van der Waals surface area contributed by atoms with Gasteiger partial charge in [-0.3, -0.25) is 14.5 Å². The van der Waals surface area contributed by atoms with Gasteiger partial charge in [-0.05, 0) is 68.0 Å². The van der Waals surface area contributed by atoms with Crippen molar-refractivity contribution in [2.24, 2.45) is 29.6 Å². The third kappa shape index (κ3) is 5.74. The van der Waals surface area contributed by atoms with Gasteiger partial charge in [0.15, 0.2) is 6.29 Å². The third-order valence-electron chi connectivity index (χ3n) is 6.88. The maximum atomic E-state index is 12.5. The highest BCUT2D eigenvalue weighted by molar-refractivity contribution is 6.31. The van der Waals surface area contributed by atoms with Crippen LogP contribution in [-0.4, -0.2) is 40.0 Å². The van der Waals surface area contributed by atoms with E-state index in [4.69, 9.17) is 23.1 Å². The number of hydrogen-bond acceptors (Lipinski definition) is 7. The monoisotopic (exact) mass is 502 g/mol. The van der Waals surface area contributed by atoms with Crippen LogP contribution in [0.2, 0.25) is 5.02 Å². The number of nitrogen functional groups attached to an aromatic ring is 1. The zero-order chi connectivity index (χ0) is 25.8. The van der Waals surface area contributed by atoms with Crippen molar-refractivity contribution in [3.05, 3.63) is 64.8 Å². The first kappa shape index (κ1) is 26.4. The molecule has 2 atom stereocenters. The van der Waals surface area contributed by atoms with E-state index in [0.29, 0.717) is 41.8 Å². The molecule has 2 aliphatic carbocycles. The molecule has 0 saturated heterocycles. The lowest BCUT2D eigenvalue weighted by molar-refractivity contribution is 0.0751. The molecular weight excluding hydrogens is 471 g/mol. The summed E-state index contributed by atoms with van der Waals surface area (Å²) in [4.78, 5) is 15.6. The third-order valence-corrected chi connectivity index (χ3v) is 7.17. The van der Waals surface area contributed by atoms with Crippen molar-refractivity contribution in [1.82, 2.24) is 9.78 Å². The van der Waals surface area contributed by atoms with Crippen molar-refractivity contribution in [3.63, 3.8) is 0 Å². The Balaban J connectivity index is 0.000000287. The Morgan fingerprint density at radius 3 is 2.60 bits per heavy atom. The Labute approximate surface area is 209 Å². The van der Waals surface area contributed by atoms with Crippen LogP contribution in [0.25, 0.3) is 0 Å². The van der Waals surface area contributed by atoms with Gasteiger partial charge in [0.25, 0.3) is 0 Å². The largest absolute Gasteiger partial charge is 0.405 e. The topological polar surface area (TPSA) is 132 Å². The molecule has 4 rings (SSSR count). The minimum atomic E-state index is -0.962. The van der Waals surface area contributed by atoms with Crippen LogP contribution in [-0.2, 0) is 7.05 Å². The lowest BCUT2D eigenvalue weighted by atomic mass is 9.90. The van der Waals surface area contributed by atoms with Crippen LogP contribution in [0.3, 0.4) is 0 Å². The summed E-state index contributed by atoms with van der Waals surface area (Å²) in [6.07, 6.45) is 8.39. The number of allylic oxidation sites excluding steroid dienone is 1. The van der Waals surface area contributed by atoms with Gasteiger partial charge in [0, 0.05) is 31.9 Å². The van der Waals surface area contributed by atoms with Gasteiger partial charge in [-0.25, -0.2) is 4.39 Å². The number of halogens is 2. The Morgan fingerprint density at radius 1 is 1.40 bits per heavy atom. The maximum Gasteiger partial charge on any atom is 0.155 e. The summed E-state index contributed by atoms with van der Waals surface area (Å²) < 4.78 is 14.0. The first-order valence-electron chi connectivity index (χ1n) is 11.4. The standard InChI is InChI=1S/C18H25N5O2.C7H7ClFN/c1-11(21-5-3-4-19)18(25)8-13-6-12(7-14(13)9-18)16-15(10-24)17(20)23(2)22-16;1-10-5-2-3-7(9)6(8)4-5/h3-5,10,12-14,25H,1,6-9,19-20H2,2H3;2-4,10H,1H3/b4-3-,21-5?;. The molecule has 0 spiro atoms. The second-order valence-electron chi connectivity index (χ2n) is 9.04. The Bertz CT molecular complexity index is 1130. The second kappa shape index (κ2) is 11.0. The lowest BCUT2D eigenvalue weighted by Gasteiger charge is -2.24. The number of anilines is 2. The number of aromatic nitrogens is 2. The summed E-state index contributed by atoms with van der Waals surface area (Å²) in [6.45, 7) is 3.93. The predicted molar refractivity (Wildman–Crippen MR) is 138 cm³/mol. The van der Waals surface area contributed by atoms with Crippen molar-refractivity contribution in [2.75, 3.05) is 18.1 Å². The molecule has 0 amide bonds.